The number of fused-ring (bicyclic) bond motifs is 1. The Morgan fingerprint density at radius 2 is 1.95 bits per heavy atom. The Morgan fingerprint density at radius 1 is 1.18 bits per heavy atom. The molecule has 4 amide bonds. The van der Waals surface area contributed by atoms with Gasteiger partial charge in [0.2, 0.25) is 5.91 Å². The summed E-state index contributed by atoms with van der Waals surface area (Å²) in [7, 11) is 5.36. The second-order valence-electron chi connectivity index (χ2n) is 9.75. The molecular weight excluding hydrogens is 534 g/mol. The molecule has 0 radical (unpaired) electrons. The summed E-state index contributed by atoms with van der Waals surface area (Å²) in [6.07, 6.45) is 3.04. The first kappa shape index (κ1) is 27.7. The van der Waals surface area contributed by atoms with Gasteiger partial charge < -0.3 is 25.6 Å². The molecule has 38 heavy (non-hydrogen) atoms. The van der Waals surface area contributed by atoms with Gasteiger partial charge in [-0.25, -0.2) is 4.98 Å². The lowest BCUT2D eigenvalue weighted by atomic mass is 9.81. The summed E-state index contributed by atoms with van der Waals surface area (Å²) in [6.45, 7) is 1.60. The van der Waals surface area contributed by atoms with Crippen LogP contribution >= 0.6 is 22.9 Å². The SMILES string of the molecule is CN1CCc2nc(C(=O)N[C@@H]3C[C@@H](C(=O)N(C)C)CC[C@@H]3NC(=O)C(=O)N=c3ccc(Cl)cn3O)sc2C1. The summed E-state index contributed by atoms with van der Waals surface area (Å²) in [4.78, 5) is 63.9. The molecule has 3 heterocycles. The fourth-order valence-electron chi connectivity index (χ4n) is 4.67. The minimum absolute atomic E-state index is 0.0666. The first-order valence-electron chi connectivity index (χ1n) is 12.2. The van der Waals surface area contributed by atoms with Gasteiger partial charge in [0.15, 0.2) is 10.5 Å². The van der Waals surface area contributed by atoms with E-state index in [1.807, 2.05) is 7.05 Å². The number of halogens is 1. The summed E-state index contributed by atoms with van der Waals surface area (Å²) < 4.78 is 0.542. The van der Waals surface area contributed by atoms with Crippen LogP contribution in [0.2, 0.25) is 5.02 Å². The quantitative estimate of drug-likeness (QED) is 0.360. The van der Waals surface area contributed by atoms with Crippen LogP contribution in [0.4, 0.5) is 0 Å². The number of nitrogens with one attached hydrogen (secondary N) is 2. The maximum absolute atomic E-state index is 13.2. The first-order chi connectivity index (χ1) is 18.0. The van der Waals surface area contributed by atoms with E-state index in [0.717, 1.165) is 36.3 Å². The third-order valence-electron chi connectivity index (χ3n) is 6.67. The van der Waals surface area contributed by atoms with Crippen molar-refractivity contribution in [2.24, 2.45) is 10.9 Å². The molecule has 0 spiro atoms. The van der Waals surface area contributed by atoms with Gasteiger partial charge in [0.05, 0.1) is 23.0 Å². The molecule has 1 aliphatic carbocycles. The van der Waals surface area contributed by atoms with E-state index in [2.05, 4.69) is 25.5 Å². The molecule has 2 aromatic rings. The van der Waals surface area contributed by atoms with Crippen molar-refractivity contribution in [2.45, 2.75) is 44.3 Å². The van der Waals surface area contributed by atoms with Crippen LogP contribution in [-0.4, -0.2) is 88.1 Å². The molecular formula is C24H30ClN7O5S. The average Bonchev–Trinajstić information content (AvgIpc) is 3.29. The number of carbonyl (C=O) groups excluding carboxylic acids is 4. The molecule has 1 saturated carbocycles. The summed E-state index contributed by atoms with van der Waals surface area (Å²) in [6, 6.07) is 1.49. The zero-order valence-corrected chi connectivity index (χ0v) is 22.9. The molecule has 2 aliphatic rings. The zero-order valence-electron chi connectivity index (χ0n) is 21.3. The second-order valence-corrected chi connectivity index (χ2v) is 11.3. The van der Waals surface area contributed by atoms with Gasteiger partial charge in [-0.1, -0.05) is 11.6 Å². The lowest BCUT2D eigenvalue weighted by molar-refractivity contribution is -0.138. The second kappa shape index (κ2) is 11.6. The van der Waals surface area contributed by atoms with Crippen molar-refractivity contribution < 1.29 is 24.4 Å². The summed E-state index contributed by atoms with van der Waals surface area (Å²) >= 11 is 7.12. The molecule has 3 N–H and O–H groups in total. The third kappa shape index (κ3) is 6.40. The molecule has 0 aromatic carbocycles. The number of pyridine rings is 1. The van der Waals surface area contributed by atoms with Gasteiger partial charge in [-0.05, 0) is 38.4 Å². The van der Waals surface area contributed by atoms with Crippen molar-refractivity contribution in [1.82, 2.24) is 30.1 Å². The Hall–Kier alpha value is -3.29. The fourth-order valence-corrected chi connectivity index (χ4v) is 5.92. The van der Waals surface area contributed by atoms with Crippen LogP contribution in [0.25, 0.3) is 0 Å². The van der Waals surface area contributed by atoms with Crippen molar-refractivity contribution in [3.05, 3.63) is 44.4 Å². The van der Waals surface area contributed by atoms with Crippen LogP contribution in [-0.2, 0) is 27.3 Å². The predicted molar refractivity (Wildman–Crippen MR) is 139 cm³/mol. The van der Waals surface area contributed by atoms with Gasteiger partial charge in [0, 0.05) is 50.4 Å². The molecule has 4 rings (SSSR count). The summed E-state index contributed by atoms with van der Waals surface area (Å²) in [5, 5.41) is 16.0. The molecule has 14 heteroatoms. The molecule has 1 fully saturated rings. The minimum atomic E-state index is -1.12. The van der Waals surface area contributed by atoms with E-state index in [-0.39, 0.29) is 28.2 Å². The number of likely N-dealkylation sites (N-methyl/N-ethyl adjacent to an activating group) is 1. The van der Waals surface area contributed by atoms with Gasteiger partial charge in [-0.3, -0.25) is 19.2 Å². The molecule has 0 saturated heterocycles. The Balaban J connectivity index is 1.50. The maximum atomic E-state index is 13.2. The smallest absolute Gasteiger partial charge is 0.337 e. The highest BCUT2D eigenvalue weighted by atomic mass is 35.5. The molecule has 1 aliphatic heterocycles. The number of thiazole rings is 1. The van der Waals surface area contributed by atoms with Crippen molar-refractivity contribution in [2.75, 3.05) is 27.7 Å². The number of carbonyl (C=O) groups is 4. The van der Waals surface area contributed by atoms with Crippen LogP contribution in [0.3, 0.4) is 0 Å². The Labute approximate surface area is 228 Å². The number of hydrogen-bond acceptors (Lipinski definition) is 8. The number of amides is 4. The van der Waals surface area contributed by atoms with E-state index >= 15 is 0 Å². The highest BCUT2D eigenvalue weighted by Crippen LogP contribution is 2.28. The maximum Gasteiger partial charge on any atom is 0.337 e. The number of nitrogens with zero attached hydrogens (tertiary/aromatic N) is 5. The van der Waals surface area contributed by atoms with E-state index < -0.39 is 23.9 Å². The first-order valence-corrected chi connectivity index (χ1v) is 13.4. The van der Waals surface area contributed by atoms with Gasteiger partial charge in [-0.15, -0.1) is 11.3 Å². The Kier molecular flexibility index (Phi) is 8.48. The highest BCUT2D eigenvalue weighted by Gasteiger charge is 2.37. The largest absolute Gasteiger partial charge is 0.427 e. The molecule has 2 aromatic heterocycles. The molecule has 12 nitrogen and oxygen atoms in total. The Bertz CT molecular complexity index is 1320. The van der Waals surface area contributed by atoms with Crippen molar-refractivity contribution >= 4 is 46.6 Å². The predicted octanol–water partition coefficient (Wildman–Crippen LogP) is 0.422. The number of aromatic nitrogens is 2. The normalized spacial score (nSPS) is 21.9. The molecule has 0 unspecified atom stereocenters. The van der Waals surface area contributed by atoms with Crippen LogP contribution < -0.4 is 16.1 Å². The topological polar surface area (TPSA) is 149 Å². The summed E-state index contributed by atoms with van der Waals surface area (Å²) in [5.41, 5.74) is 0.751. The van der Waals surface area contributed by atoms with Crippen molar-refractivity contribution in [3.8, 4) is 0 Å². The van der Waals surface area contributed by atoms with E-state index in [1.54, 1.807) is 14.1 Å². The minimum Gasteiger partial charge on any atom is -0.427 e. The van der Waals surface area contributed by atoms with E-state index in [4.69, 9.17) is 11.6 Å². The molecule has 204 valence electrons. The Morgan fingerprint density at radius 3 is 2.66 bits per heavy atom. The number of hydrogen-bond donors (Lipinski definition) is 3. The lowest BCUT2D eigenvalue weighted by Crippen LogP contribution is -2.56. The van der Waals surface area contributed by atoms with Crippen LogP contribution in [0, 0.1) is 5.92 Å². The van der Waals surface area contributed by atoms with Crippen LogP contribution in [0.5, 0.6) is 0 Å². The van der Waals surface area contributed by atoms with Gasteiger partial charge in [0.25, 0.3) is 5.91 Å². The van der Waals surface area contributed by atoms with Crippen molar-refractivity contribution in [1.29, 1.82) is 0 Å². The summed E-state index contributed by atoms with van der Waals surface area (Å²) in [5.74, 6) is -2.90. The standard InChI is InChI=1S/C24H30ClN7O5S/c1-30(2)24(36)13-4-6-15(26-20(33)21(34)29-19-7-5-14(25)11-32(19)37)17(10-13)27-22(35)23-28-16-8-9-31(3)12-18(16)38-23/h5,7,11,13,15,17,37H,4,6,8-10,12H2,1-3H3,(H,26,33)(H,27,35)/t13-,15-,17+/m0/s1. The molecule has 0 bridgehead atoms. The van der Waals surface area contributed by atoms with Crippen LogP contribution in [0.15, 0.2) is 23.3 Å². The van der Waals surface area contributed by atoms with Gasteiger partial charge in [-0.2, -0.15) is 9.72 Å². The molecule has 3 atom stereocenters. The van der Waals surface area contributed by atoms with E-state index in [1.165, 1.54) is 28.4 Å². The van der Waals surface area contributed by atoms with E-state index in [0.29, 0.717) is 29.0 Å². The van der Waals surface area contributed by atoms with Gasteiger partial charge in [0.1, 0.15) is 0 Å². The average molecular weight is 564 g/mol. The fraction of sp³-hybridized carbons (Fsp3) is 0.500. The monoisotopic (exact) mass is 563 g/mol. The van der Waals surface area contributed by atoms with Crippen molar-refractivity contribution in [3.63, 3.8) is 0 Å². The van der Waals surface area contributed by atoms with E-state index in [9.17, 15) is 24.4 Å². The van der Waals surface area contributed by atoms with Crippen LogP contribution in [0.1, 0.15) is 39.6 Å². The highest BCUT2D eigenvalue weighted by molar-refractivity contribution is 7.13. The number of rotatable bonds is 4. The lowest BCUT2D eigenvalue weighted by Gasteiger charge is -2.36. The van der Waals surface area contributed by atoms with Gasteiger partial charge >= 0.3 is 11.8 Å². The zero-order chi connectivity index (χ0) is 27.6. The third-order valence-corrected chi connectivity index (χ3v) is 7.98.